The van der Waals surface area contributed by atoms with Gasteiger partial charge in [0.2, 0.25) is 0 Å². The molecule has 2 atom stereocenters. The molecule has 2 heterocycles. The fourth-order valence-electron chi connectivity index (χ4n) is 5.68. The van der Waals surface area contributed by atoms with Crippen molar-refractivity contribution in [3.63, 3.8) is 0 Å². The minimum Gasteiger partial charge on any atom is -0.493 e. The first-order valence-electron chi connectivity index (χ1n) is 17.4. The lowest BCUT2D eigenvalue weighted by Gasteiger charge is -2.26. The van der Waals surface area contributed by atoms with Crippen LogP contribution in [0.2, 0.25) is 10.0 Å². The molecule has 0 spiro atoms. The number of benzene rings is 4. The molecule has 2 saturated heterocycles. The van der Waals surface area contributed by atoms with Gasteiger partial charge in [-0.3, -0.25) is 4.90 Å². The van der Waals surface area contributed by atoms with E-state index in [0.717, 1.165) is 79.8 Å². The Morgan fingerprint density at radius 2 is 1.07 bits per heavy atom. The molecule has 55 heavy (non-hydrogen) atoms. The van der Waals surface area contributed by atoms with Gasteiger partial charge >= 0.3 is 12.4 Å². The van der Waals surface area contributed by atoms with Gasteiger partial charge in [0.1, 0.15) is 40.8 Å². The van der Waals surface area contributed by atoms with Gasteiger partial charge in [0.05, 0.1) is 17.7 Å². The Morgan fingerprint density at radius 3 is 1.49 bits per heavy atom. The van der Waals surface area contributed by atoms with E-state index in [4.69, 9.17) is 42.1 Å². The number of nitrogens with one attached hydrogen (secondary N) is 1. The van der Waals surface area contributed by atoms with Crippen molar-refractivity contribution in [2.45, 2.75) is 50.2 Å². The SMILES string of the molecule is CC1(Oc2ccc(Cl)cc2)CCN(CCOc2ccc(C(F)(F)F)cc2)C1.CC1(Oc2ccc(Cl)cc2)CCNC1.FC(F)(F)c1ccc(OCCBr)cc1. The maximum Gasteiger partial charge on any atom is 0.416 e. The second-order valence-corrected chi connectivity index (χ2v) is 15.1. The van der Waals surface area contributed by atoms with Gasteiger partial charge in [-0.25, -0.2) is 0 Å². The van der Waals surface area contributed by atoms with E-state index in [1.54, 1.807) is 12.1 Å². The summed E-state index contributed by atoms with van der Waals surface area (Å²) < 4.78 is 96.7. The molecule has 0 aromatic heterocycles. The number of halogens is 9. The van der Waals surface area contributed by atoms with Crippen molar-refractivity contribution in [2.24, 2.45) is 0 Å². The van der Waals surface area contributed by atoms with Gasteiger partial charge in [0, 0.05) is 54.4 Å². The molecular formula is C40H43BrCl2F6N2O4. The number of alkyl halides is 7. The Balaban J connectivity index is 0.000000202. The van der Waals surface area contributed by atoms with Crippen LogP contribution in [0.5, 0.6) is 23.0 Å². The molecule has 300 valence electrons. The highest BCUT2D eigenvalue weighted by molar-refractivity contribution is 9.09. The van der Waals surface area contributed by atoms with Crippen LogP contribution in [0.1, 0.15) is 37.8 Å². The molecule has 1 N–H and O–H groups in total. The fourth-order valence-corrected chi connectivity index (χ4v) is 6.10. The number of nitrogens with zero attached hydrogens (tertiary/aromatic N) is 1. The van der Waals surface area contributed by atoms with Crippen molar-refractivity contribution in [2.75, 3.05) is 51.3 Å². The summed E-state index contributed by atoms with van der Waals surface area (Å²) in [6.45, 7) is 9.29. The zero-order chi connectivity index (χ0) is 40.1. The number of likely N-dealkylation sites (tertiary alicyclic amines) is 1. The van der Waals surface area contributed by atoms with E-state index in [1.165, 1.54) is 24.3 Å². The number of hydrogen-bond acceptors (Lipinski definition) is 6. The minimum absolute atomic E-state index is 0.0617. The summed E-state index contributed by atoms with van der Waals surface area (Å²) in [5.74, 6) is 2.55. The lowest BCUT2D eigenvalue weighted by molar-refractivity contribution is -0.138. The largest absolute Gasteiger partial charge is 0.493 e. The summed E-state index contributed by atoms with van der Waals surface area (Å²) in [7, 11) is 0. The number of hydrogen-bond donors (Lipinski definition) is 1. The monoisotopic (exact) mass is 878 g/mol. The molecule has 2 fully saturated rings. The molecule has 0 amide bonds. The third-order valence-electron chi connectivity index (χ3n) is 8.59. The molecule has 0 aliphatic carbocycles. The smallest absolute Gasteiger partial charge is 0.416 e. The molecule has 4 aromatic rings. The molecule has 15 heteroatoms. The topological polar surface area (TPSA) is 52.2 Å². The summed E-state index contributed by atoms with van der Waals surface area (Å²) in [6, 6.07) is 24.2. The zero-order valence-corrected chi connectivity index (χ0v) is 33.4. The van der Waals surface area contributed by atoms with Crippen LogP contribution in [0.3, 0.4) is 0 Å². The van der Waals surface area contributed by atoms with Gasteiger partial charge in [0.15, 0.2) is 0 Å². The Kier molecular flexibility index (Phi) is 16.3. The summed E-state index contributed by atoms with van der Waals surface area (Å²) in [5, 5.41) is 5.35. The van der Waals surface area contributed by atoms with E-state index in [1.807, 2.05) is 36.4 Å². The average molecular weight is 881 g/mol. The third-order valence-corrected chi connectivity index (χ3v) is 9.41. The first-order valence-corrected chi connectivity index (χ1v) is 19.3. The standard InChI is InChI=1S/C20H21ClF3NO2.C11H14ClNO.C9H8BrF3O/c1-19(27-18-8-4-16(21)5-9-18)10-11-25(14-19)12-13-26-17-6-2-15(3-7-17)20(22,23)24;1-11(6-7-13-8-11)14-10-4-2-9(12)3-5-10;10-5-6-14-8-3-1-7(2-4-8)9(11,12)13/h2-9H,10-14H2,1H3;2-5,13H,6-8H2,1H3;1-4H,5-6H2. The van der Waals surface area contributed by atoms with Gasteiger partial charge in [0.25, 0.3) is 0 Å². The van der Waals surface area contributed by atoms with E-state index in [2.05, 4.69) is 40.0 Å². The first kappa shape index (κ1) is 44.4. The maximum atomic E-state index is 12.6. The summed E-state index contributed by atoms with van der Waals surface area (Å²) in [5.41, 5.74) is -1.69. The van der Waals surface area contributed by atoms with E-state index < -0.39 is 23.5 Å². The maximum absolute atomic E-state index is 12.6. The van der Waals surface area contributed by atoms with E-state index in [-0.39, 0.29) is 11.2 Å². The Labute approximate surface area is 336 Å². The van der Waals surface area contributed by atoms with Crippen LogP contribution in [0, 0.1) is 0 Å². The van der Waals surface area contributed by atoms with Crippen molar-refractivity contribution in [3.8, 4) is 23.0 Å². The fraction of sp³-hybridized carbons (Fsp3) is 0.400. The second-order valence-electron chi connectivity index (χ2n) is 13.4. The average Bonchev–Trinajstić information content (AvgIpc) is 3.74. The summed E-state index contributed by atoms with van der Waals surface area (Å²) >= 11 is 14.8. The predicted molar refractivity (Wildman–Crippen MR) is 207 cm³/mol. The normalized spacial score (nSPS) is 19.8. The quantitative estimate of drug-likeness (QED) is 0.120. The first-order chi connectivity index (χ1) is 26.0. The van der Waals surface area contributed by atoms with Crippen molar-refractivity contribution in [3.05, 3.63) is 118 Å². The van der Waals surface area contributed by atoms with Crippen LogP contribution in [-0.4, -0.2) is 67.4 Å². The zero-order valence-electron chi connectivity index (χ0n) is 30.3. The number of rotatable bonds is 11. The van der Waals surface area contributed by atoms with E-state index in [0.29, 0.717) is 41.6 Å². The molecule has 2 unspecified atom stereocenters. The number of ether oxygens (including phenoxy) is 4. The Morgan fingerprint density at radius 1 is 0.636 bits per heavy atom. The van der Waals surface area contributed by atoms with E-state index in [9.17, 15) is 26.3 Å². The molecule has 0 radical (unpaired) electrons. The van der Waals surface area contributed by atoms with E-state index >= 15 is 0 Å². The summed E-state index contributed by atoms with van der Waals surface area (Å²) in [4.78, 5) is 2.22. The molecule has 0 bridgehead atoms. The van der Waals surface area contributed by atoms with Gasteiger partial charge < -0.3 is 24.3 Å². The van der Waals surface area contributed by atoms with Gasteiger partial charge in [-0.1, -0.05) is 39.1 Å². The Hall–Kier alpha value is -3.36. The molecular weight excluding hydrogens is 837 g/mol. The lowest BCUT2D eigenvalue weighted by Crippen LogP contribution is -2.37. The van der Waals surface area contributed by atoms with Crippen LogP contribution in [-0.2, 0) is 12.4 Å². The van der Waals surface area contributed by atoms with Crippen LogP contribution >= 0.6 is 39.1 Å². The predicted octanol–water partition coefficient (Wildman–Crippen LogP) is 11.2. The van der Waals surface area contributed by atoms with Crippen molar-refractivity contribution >= 4 is 39.1 Å². The molecule has 6 rings (SSSR count). The van der Waals surface area contributed by atoms with Crippen LogP contribution in [0.15, 0.2) is 97.1 Å². The molecule has 4 aromatic carbocycles. The van der Waals surface area contributed by atoms with Crippen LogP contribution in [0.25, 0.3) is 0 Å². The molecule has 2 aliphatic heterocycles. The molecule has 0 saturated carbocycles. The minimum atomic E-state index is -4.33. The van der Waals surface area contributed by atoms with Crippen molar-refractivity contribution in [1.82, 2.24) is 10.2 Å². The highest BCUT2D eigenvalue weighted by Gasteiger charge is 2.36. The van der Waals surface area contributed by atoms with Crippen molar-refractivity contribution in [1.29, 1.82) is 0 Å². The van der Waals surface area contributed by atoms with Gasteiger partial charge in [-0.15, -0.1) is 0 Å². The van der Waals surface area contributed by atoms with Crippen molar-refractivity contribution < 1.29 is 45.3 Å². The highest BCUT2D eigenvalue weighted by Crippen LogP contribution is 2.32. The lowest BCUT2D eigenvalue weighted by atomic mass is 10.1. The Bertz CT molecular complexity index is 1730. The van der Waals surface area contributed by atoms with Gasteiger partial charge in [-0.05, 0) is 117 Å². The molecule has 2 aliphatic rings. The van der Waals surface area contributed by atoms with Gasteiger partial charge in [-0.2, -0.15) is 26.3 Å². The second kappa shape index (κ2) is 20.2. The summed E-state index contributed by atoms with van der Waals surface area (Å²) in [6.07, 6.45) is -6.68. The highest BCUT2D eigenvalue weighted by atomic mass is 79.9. The third kappa shape index (κ3) is 15.2. The van der Waals surface area contributed by atoms with Crippen LogP contribution < -0.4 is 24.3 Å². The molecule has 6 nitrogen and oxygen atoms in total. The van der Waals surface area contributed by atoms with Crippen LogP contribution in [0.4, 0.5) is 26.3 Å².